The Hall–Kier alpha value is -2.76. The zero-order valence-corrected chi connectivity index (χ0v) is 9.35. The van der Waals surface area contributed by atoms with Crippen LogP contribution in [0, 0.1) is 10.1 Å². The van der Waals surface area contributed by atoms with E-state index in [-0.39, 0.29) is 17.2 Å². The molecule has 0 radical (unpaired) electrons. The normalized spacial score (nSPS) is 11.2. The molecule has 0 aliphatic heterocycles. The van der Waals surface area contributed by atoms with Crippen molar-refractivity contribution in [3.05, 3.63) is 64.5 Å². The van der Waals surface area contributed by atoms with Gasteiger partial charge < -0.3 is 5.73 Å². The molecule has 6 heteroatoms. The number of aliphatic imine (C=N–C) groups is 1. The maximum Gasteiger partial charge on any atom is 0.294 e. The van der Waals surface area contributed by atoms with Gasteiger partial charge in [0.15, 0.2) is 0 Å². The highest BCUT2D eigenvalue weighted by molar-refractivity contribution is 5.97. The molecule has 0 unspecified atom stereocenters. The second-order valence-corrected chi connectivity index (χ2v) is 3.46. The first kappa shape index (κ1) is 11.7. The SMILES string of the molecule is NC(=Nc1ccccc1[N+](=O)[O-])c1ccccn1. The van der Waals surface area contributed by atoms with Gasteiger partial charge in [0.25, 0.3) is 5.69 Å². The van der Waals surface area contributed by atoms with Crippen LogP contribution >= 0.6 is 0 Å². The minimum atomic E-state index is -0.496. The van der Waals surface area contributed by atoms with Crippen molar-refractivity contribution < 1.29 is 4.92 Å². The molecule has 0 saturated heterocycles. The van der Waals surface area contributed by atoms with Gasteiger partial charge in [-0.15, -0.1) is 0 Å². The van der Waals surface area contributed by atoms with Crippen molar-refractivity contribution in [2.75, 3.05) is 0 Å². The summed E-state index contributed by atoms with van der Waals surface area (Å²) < 4.78 is 0. The van der Waals surface area contributed by atoms with E-state index in [9.17, 15) is 10.1 Å². The smallest absolute Gasteiger partial charge is 0.294 e. The number of aromatic nitrogens is 1. The Morgan fingerprint density at radius 3 is 2.61 bits per heavy atom. The van der Waals surface area contributed by atoms with Gasteiger partial charge in [0.2, 0.25) is 0 Å². The Labute approximate surface area is 103 Å². The average molecular weight is 242 g/mol. The van der Waals surface area contributed by atoms with E-state index in [1.807, 2.05) is 0 Å². The van der Waals surface area contributed by atoms with Crippen molar-refractivity contribution in [1.29, 1.82) is 0 Å². The fourth-order valence-electron chi connectivity index (χ4n) is 1.41. The molecule has 0 atom stereocenters. The Bertz CT molecular complexity index is 596. The fourth-order valence-corrected chi connectivity index (χ4v) is 1.41. The molecule has 0 bridgehead atoms. The number of nitro benzene ring substituents is 1. The van der Waals surface area contributed by atoms with Gasteiger partial charge in [-0.1, -0.05) is 18.2 Å². The van der Waals surface area contributed by atoms with Crippen molar-refractivity contribution in [2.24, 2.45) is 10.7 Å². The number of amidine groups is 1. The zero-order valence-electron chi connectivity index (χ0n) is 9.35. The molecule has 1 heterocycles. The summed E-state index contributed by atoms with van der Waals surface area (Å²) in [7, 11) is 0. The predicted octanol–water partition coefficient (Wildman–Crippen LogP) is 2.03. The lowest BCUT2D eigenvalue weighted by atomic mass is 10.2. The standard InChI is InChI=1S/C12H10N4O2/c13-12(10-6-3-4-8-14-10)15-9-5-1-2-7-11(9)16(17)18/h1-8H,(H2,13,15). The number of nitrogens with zero attached hydrogens (tertiary/aromatic N) is 3. The average Bonchev–Trinajstić information content (AvgIpc) is 2.40. The van der Waals surface area contributed by atoms with Gasteiger partial charge >= 0.3 is 0 Å². The lowest BCUT2D eigenvalue weighted by Crippen LogP contribution is -2.14. The molecule has 2 aromatic rings. The summed E-state index contributed by atoms with van der Waals surface area (Å²) in [6.45, 7) is 0. The zero-order chi connectivity index (χ0) is 13.0. The molecule has 2 N–H and O–H groups in total. The van der Waals surface area contributed by atoms with Crippen LogP contribution in [0.2, 0.25) is 0 Å². The van der Waals surface area contributed by atoms with Gasteiger partial charge in [0, 0.05) is 12.3 Å². The van der Waals surface area contributed by atoms with Crippen molar-refractivity contribution in [2.45, 2.75) is 0 Å². The van der Waals surface area contributed by atoms with Gasteiger partial charge in [-0.3, -0.25) is 15.1 Å². The third-order valence-electron chi connectivity index (χ3n) is 2.25. The predicted molar refractivity (Wildman–Crippen MR) is 67.7 cm³/mol. The molecule has 0 aliphatic carbocycles. The van der Waals surface area contributed by atoms with Crippen LogP contribution in [0.5, 0.6) is 0 Å². The van der Waals surface area contributed by atoms with E-state index in [0.29, 0.717) is 5.69 Å². The number of benzene rings is 1. The molecular weight excluding hydrogens is 232 g/mol. The molecule has 1 aromatic heterocycles. The lowest BCUT2D eigenvalue weighted by Gasteiger charge is -2.00. The monoisotopic (exact) mass is 242 g/mol. The highest BCUT2D eigenvalue weighted by atomic mass is 16.6. The first-order chi connectivity index (χ1) is 8.68. The maximum atomic E-state index is 10.8. The molecule has 6 nitrogen and oxygen atoms in total. The third kappa shape index (κ3) is 2.49. The molecule has 0 saturated carbocycles. The summed E-state index contributed by atoms with van der Waals surface area (Å²) in [5, 5.41) is 10.8. The summed E-state index contributed by atoms with van der Waals surface area (Å²) in [5.74, 6) is 0.143. The molecule has 1 aromatic carbocycles. The van der Waals surface area contributed by atoms with Crippen molar-refractivity contribution in [1.82, 2.24) is 4.98 Å². The number of rotatable bonds is 3. The van der Waals surface area contributed by atoms with Crippen molar-refractivity contribution in [3.8, 4) is 0 Å². The van der Waals surface area contributed by atoms with E-state index >= 15 is 0 Å². The number of hydrogen-bond acceptors (Lipinski definition) is 4. The second kappa shape index (κ2) is 5.05. The second-order valence-electron chi connectivity index (χ2n) is 3.46. The van der Waals surface area contributed by atoms with Crippen LogP contribution in [-0.4, -0.2) is 15.7 Å². The molecule has 90 valence electrons. The van der Waals surface area contributed by atoms with E-state index in [0.717, 1.165) is 0 Å². The van der Waals surface area contributed by atoms with E-state index in [2.05, 4.69) is 9.98 Å². The first-order valence-electron chi connectivity index (χ1n) is 5.17. The summed E-state index contributed by atoms with van der Waals surface area (Å²) in [6, 6.07) is 11.4. The van der Waals surface area contributed by atoms with Crippen LogP contribution in [-0.2, 0) is 0 Å². The number of nitrogens with two attached hydrogens (primary N) is 1. The van der Waals surface area contributed by atoms with Gasteiger partial charge in [0.05, 0.1) is 4.92 Å². The van der Waals surface area contributed by atoms with Gasteiger partial charge in [-0.05, 0) is 18.2 Å². The molecule has 2 rings (SSSR count). The lowest BCUT2D eigenvalue weighted by molar-refractivity contribution is -0.384. The van der Waals surface area contributed by atoms with Crippen LogP contribution < -0.4 is 5.73 Å². The third-order valence-corrected chi connectivity index (χ3v) is 2.25. The van der Waals surface area contributed by atoms with Crippen LogP contribution in [0.3, 0.4) is 0 Å². The van der Waals surface area contributed by atoms with Gasteiger partial charge in [-0.2, -0.15) is 0 Å². The summed E-state index contributed by atoms with van der Waals surface area (Å²) in [4.78, 5) is 18.4. The van der Waals surface area contributed by atoms with Gasteiger partial charge in [-0.25, -0.2) is 4.99 Å². The molecule has 0 spiro atoms. The van der Waals surface area contributed by atoms with Crippen LogP contribution in [0.4, 0.5) is 11.4 Å². The van der Waals surface area contributed by atoms with E-state index < -0.39 is 4.92 Å². The van der Waals surface area contributed by atoms with E-state index in [1.165, 1.54) is 12.1 Å². The Morgan fingerprint density at radius 2 is 1.94 bits per heavy atom. The Morgan fingerprint density at radius 1 is 1.22 bits per heavy atom. The van der Waals surface area contributed by atoms with Gasteiger partial charge in [0.1, 0.15) is 17.2 Å². The molecule has 0 fully saturated rings. The minimum Gasteiger partial charge on any atom is -0.382 e. The summed E-state index contributed by atoms with van der Waals surface area (Å²) >= 11 is 0. The highest BCUT2D eigenvalue weighted by Gasteiger charge is 2.12. The number of para-hydroxylation sites is 2. The highest BCUT2D eigenvalue weighted by Crippen LogP contribution is 2.26. The first-order valence-corrected chi connectivity index (χ1v) is 5.17. The maximum absolute atomic E-state index is 10.8. The Kier molecular flexibility index (Phi) is 3.29. The van der Waals surface area contributed by atoms with Crippen LogP contribution in [0.1, 0.15) is 5.69 Å². The van der Waals surface area contributed by atoms with Crippen molar-refractivity contribution in [3.63, 3.8) is 0 Å². The van der Waals surface area contributed by atoms with Crippen LogP contribution in [0.25, 0.3) is 0 Å². The van der Waals surface area contributed by atoms with Crippen LogP contribution in [0.15, 0.2) is 53.7 Å². The number of pyridine rings is 1. The number of nitro groups is 1. The summed E-state index contributed by atoms with van der Waals surface area (Å²) in [5.41, 5.74) is 6.37. The minimum absolute atomic E-state index is 0.0867. The van der Waals surface area contributed by atoms with Crippen molar-refractivity contribution >= 4 is 17.2 Å². The molecular formula is C12H10N4O2. The summed E-state index contributed by atoms with van der Waals surface area (Å²) in [6.07, 6.45) is 1.58. The largest absolute Gasteiger partial charge is 0.382 e. The topological polar surface area (TPSA) is 94.4 Å². The molecule has 18 heavy (non-hydrogen) atoms. The van der Waals surface area contributed by atoms with E-state index in [1.54, 1.807) is 36.5 Å². The Balaban J connectivity index is 2.42. The molecule has 0 amide bonds. The number of hydrogen-bond donors (Lipinski definition) is 1. The van der Waals surface area contributed by atoms with E-state index in [4.69, 9.17) is 5.73 Å². The fraction of sp³-hybridized carbons (Fsp3) is 0. The quantitative estimate of drug-likeness (QED) is 0.385. The molecule has 0 aliphatic rings.